The molecule has 5 heteroatoms. The van der Waals surface area contributed by atoms with Crippen molar-refractivity contribution >= 4 is 17.3 Å². The summed E-state index contributed by atoms with van der Waals surface area (Å²) in [6.45, 7) is 2.77. The van der Waals surface area contributed by atoms with E-state index in [0.717, 1.165) is 25.2 Å². The maximum atomic E-state index is 8.73. The van der Waals surface area contributed by atoms with Gasteiger partial charge >= 0.3 is 0 Å². The average Bonchev–Trinajstić information content (AvgIpc) is 2.46. The number of nitriles is 1. The van der Waals surface area contributed by atoms with E-state index >= 15 is 0 Å². The first kappa shape index (κ1) is 12.4. The van der Waals surface area contributed by atoms with Crippen LogP contribution in [0.3, 0.4) is 0 Å². The molecule has 0 saturated heterocycles. The Bertz CT molecular complexity index is 674. The van der Waals surface area contributed by atoms with E-state index in [1.54, 1.807) is 0 Å². The number of aryl methyl sites for hydroxylation is 2. The van der Waals surface area contributed by atoms with Crippen molar-refractivity contribution in [3.63, 3.8) is 0 Å². The van der Waals surface area contributed by atoms with Gasteiger partial charge in [-0.2, -0.15) is 5.26 Å². The van der Waals surface area contributed by atoms with Crippen molar-refractivity contribution in [3.8, 4) is 6.19 Å². The molecule has 1 aromatic heterocycles. The van der Waals surface area contributed by atoms with Gasteiger partial charge in [-0.1, -0.05) is 18.2 Å². The predicted octanol–water partition coefficient (Wildman–Crippen LogP) is 2.76. The molecule has 0 aliphatic carbocycles. The summed E-state index contributed by atoms with van der Waals surface area (Å²) in [6, 6.07) is 10.2. The Labute approximate surface area is 117 Å². The normalized spacial score (nSPS) is 13.5. The lowest BCUT2D eigenvalue weighted by molar-refractivity contribution is 0.757. The lowest BCUT2D eigenvalue weighted by Crippen LogP contribution is -2.25. The number of nitrogens with zero attached hydrogens (tertiary/aromatic N) is 4. The Morgan fingerprint density at radius 2 is 2.15 bits per heavy atom. The van der Waals surface area contributed by atoms with Crippen molar-refractivity contribution in [3.05, 3.63) is 41.7 Å². The van der Waals surface area contributed by atoms with Crippen LogP contribution in [0, 0.1) is 18.4 Å². The molecule has 0 unspecified atom stereocenters. The smallest absolute Gasteiger partial charge is 0.182 e. The number of para-hydroxylation sites is 1. The van der Waals surface area contributed by atoms with Crippen LogP contribution in [0.1, 0.15) is 17.8 Å². The standard InChI is InChI=1S/C15H15N5/c1-11-18-14(17-10-16)9-15(19-11)20-8-4-6-12-5-2-3-7-13(12)20/h2-3,5,7,9H,4,6,8H2,1H3,(H,17,18,19). The number of aromatic nitrogens is 2. The van der Waals surface area contributed by atoms with Gasteiger partial charge in [-0.05, 0) is 31.4 Å². The molecular weight excluding hydrogens is 250 g/mol. The molecule has 0 bridgehead atoms. The predicted molar refractivity (Wildman–Crippen MR) is 77.8 cm³/mol. The highest BCUT2D eigenvalue weighted by atomic mass is 15.2. The molecular formula is C15H15N5. The first-order valence-corrected chi connectivity index (χ1v) is 6.64. The molecule has 3 rings (SSSR count). The van der Waals surface area contributed by atoms with Crippen molar-refractivity contribution < 1.29 is 0 Å². The Morgan fingerprint density at radius 3 is 3.00 bits per heavy atom. The molecule has 2 aromatic rings. The van der Waals surface area contributed by atoms with Gasteiger partial charge in [0.2, 0.25) is 0 Å². The molecule has 0 atom stereocenters. The summed E-state index contributed by atoms with van der Waals surface area (Å²) >= 11 is 0. The molecule has 0 saturated carbocycles. The van der Waals surface area contributed by atoms with Gasteiger partial charge in [-0.3, -0.25) is 5.32 Å². The third-order valence-corrected chi connectivity index (χ3v) is 3.40. The average molecular weight is 265 g/mol. The van der Waals surface area contributed by atoms with E-state index in [4.69, 9.17) is 5.26 Å². The summed E-state index contributed by atoms with van der Waals surface area (Å²) < 4.78 is 0. The minimum absolute atomic E-state index is 0.540. The molecule has 1 aliphatic rings. The van der Waals surface area contributed by atoms with Gasteiger partial charge in [-0.15, -0.1) is 0 Å². The maximum Gasteiger partial charge on any atom is 0.182 e. The highest BCUT2D eigenvalue weighted by molar-refractivity contribution is 5.67. The van der Waals surface area contributed by atoms with Crippen molar-refractivity contribution in [2.45, 2.75) is 19.8 Å². The zero-order valence-corrected chi connectivity index (χ0v) is 11.3. The van der Waals surface area contributed by atoms with Crippen LogP contribution in [0.15, 0.2) is 30.3 Å². The molecule has 1 aromatic carbocycles. The monoisotopic (exact) mass is 265 g/mol. The number of benzene rings is 1. The van der Waals surface area contributed by atoms with Gasteiger partial charge in [0, 0.05) is 18.3 Å². The van der Waals surface area contributed by atoms with Gasteiger partial charge in [0.05, 0.1) is 0 Å². The molecule has 100 valence electrons. The Kier molecular flexibility index (Phi) is 3.21. The van der Waals surface area contributed by atoms with Crippen molar-refractivity contribution in [2.75, 3.05) is 16.8 Å². The molecule has 0 fully saturated rings. The minimum atomic E-state index is 0.540. The Morgan fingerprint density at radius 1 is 1.30 bits per heavy atom. The van der Waals surface area contributed by atoms with Crippen LogP contribution in [0.5, 0.6) is 0 Å². The fourth-order valence-electron chi connectivity index (χ4n) is 2.58. The first-order valence-electron chi connectivity index (χ1n) is 6.64. The van der Waals surface area contributed by atoms with Crippen LogP contribution >= 0.6 is 0 Å². The summed E-state index contributed by atoms with van der Waals surface area (Å²) in [4.78, 5) is 10.9. The van der Waals surface area contributed by atoms with Gasteiger partial charge in [-0.25, -0.2) is 9.97 Å². The van der Waals surface area contributed by atoms with Crippen molar-refractivity contribution in [1.29, 1.82) is 5.26 Å². The van der Waals surface area contributed by atoms with Gasteiger partial charge in [0.25, 0.3) is 0 Å². The zero-order valence-electron chi connectivity index (χ0n) is 11.3. The number of rotatable bonds is 2. The summed E-state index contributed by atoms with van der Waals surface area (Å²) in [7, 11) is 0. The molecule has 5 nitrogen and oxygen atoms in total. The number of hydrogen-bond acceptors (Lipinski definition) is 5. The molecule has 20 heavy (non-hydrogen) atoms. The van der Waals surface area contributed by atoms with E-state index in [1.807, 2.05) is 25.2 Å². The van der Waals surface area contributed by atoms with E-state index in [0.29, 0.717) is 11.6 Å². The van der Waals surface area contributed by atoms with Crippen LogP contribution in [0.4, 0.5) is 17.3 Å². The molecule has 0 amide bonds. The third-order valence-electron chi connectivity index (χ3n) is 3.40. The second kappa shape index (κ2) is 5.17. The van der Waals surface area contributed by atoms with E-state index < -0.39 is 0 Å². The SMILES string of the molecule is Cc1nc(NC#N)cc(N2CCCc3ccccc32)n1. The lowest BCUT2D eigenvalue weighted by Gasteiger charge is -2.30. The summed E-state index contributed by atoms with van der Waals surface area (Å²) in [6.07, 6.45) is 4.10. The molecule has 1 aliphatic heterocycles. The Hall–Kier alpha value is -2.61. The minimum Gasteiger partial charge on any atom is -0.326 e. The first-order chi connectivity index (χ1) is 9.78. The van der Waals surface area contributed by atoms with Crippen LogP contribution < -0.4 is 10.2 Å². The van der Waals surface area contributed by atoms with Crippen molar-refractivity contribution in [2.24, 2.45) is 0 Å². The third kappa shape index (κ3) is 2.28. The second-order valence-corrected chi connectivity index (χ2v) is 4.78. The lowest BCUT2D eigenvalue weighted by atomic mass is 10.0. The topological polar surface area (TPSA) is 64.8 Å². The summed E-state index contributed by atoms with van der Waals surface area (Å²) in [5, 5.41) is 11.3. The highest BCUT2D eigenvalue weighted by Crippen LogP contribution is 2.32. The Balaban J connectivity index is 2.04. The maximum absolute atomic E-state index is 8.73. The molecule has 2 heterocycles. The number of fused-ring (bicyclic) bond motifs is 1. The van der Waals surface area contributed by atoms with Crippen LogP contribution in [0.25, 0.3) is 0 Å². The number of anilines is 3. The fourth-order valence-corrected chi connectivity index (χ4v) is 2.58. The largest absolute Gasteiger partial charge is 0.326 e. The van der Waals surface area contributed by atoms with Gasteiger partial charge in [0.15, 0.2) is 6.19 Å². The van der Waals surface area contributed by atoms with E-state index in [1.165, 1.54) is 11.3 Å². The van der Waals surface area contributed by atoms with Crippen LogP contribution in [-0.4, -0.2) is 16.5 Å². The quantitative estimate of drug-likeness (QED) is 0.668. The fraction of sp³-hybridized carbons (Fsp3) is 0.267. The summed E-state index contributed by atoms with van der Waals surface area (Å²) in [5.74, 6) is 2.03. The summed E-state index contributed by atoms with van der Waals surface area (Å²) in [5.41, 5.74) is 2.53. The second-order valence-electron chi connectivity index (χ2n) is 4.78. The van der Waals surface area contributed by atoms with E-state index in [2.05, 4.69) is 38.4 Å². The van der Waals surface area contributed by atoms with E-state index in [9.17, 15) is 0 Å². The number of hydrogen-bond donors (Lipinski definition) is 1. The molecule has 0 spiro atoms. The van der Waals surface area contributed by atoms with Crippen LogP contribution in [-0.2, 0) is 6.42 Å². The van der Waals surface area contributed by atoms with Gasteiger partial charge < -0.3 is 4.90 Å². The van der Waals surface area contributed by atoms with Crippen molar-refractivity contribution in [1.82, 2.24) is 9.97 Å². The molecule has 1 N–H and O–H groups in total. The van der Waals surface area contributed by atoms with Gasteiger partial charge in [0.1, 0.15) is 17.5 Å². The van der Waals surface area contributed by atoms with E-state index in [-0.39, 0.29) is 0 Å². The number of nitrogens with one attached hydrogen (secondary N) is 1. The zero-order chi connectivity index (χ0) is 13.9. The van der Waals surface area contributed by atoms with Crippen LogP contribution in [0.2, 0.25) is 0 Å². The molecule has 0 radical (unpaired) electrons. The highest BCUT2D eigenvalue weighted by Gasteiger charge is 2.19.